The van der Waals surface area contributed by atoms with Crippen LogP contribution >= 0.6 is 34.8 Å². The van der Waals surface area contributed by atoms with Gasteiger partial charge < -0.3 is 15.8 Å². The van der Waals surface area contributed by atoms with Gasteiger partial charge in [-0.3, -0.25) is 9.48 Å². The number of rotatable bonds is 4. The number of nitrogen functional groups attached to an aromatic ring is 1. The molecule has 2 heterocycles. The van der Waals surface area contributed by atoms with Crippen LogP contribution in [0.4, 0.5) is 11.4 Å². The quantitative estimate of drug-likeness (QED) is 0.596. The van der Waals surface area contributed by atoms with Crippen LogP contribution in [0.1, 0.15) is 21.9 Å². The van der Waals surface area contributed by atoms with E-state index in [0.717, 1.165) is 5.69 Å². The second kappa shape index (κ2) is 7.47. The number of carbonyl (C=O) groups excluding carboxylic acids is 2. The minimum atomic E-state index is -0.898. The molecular formula is C14H15Cl3N5O3+. The molecule has 1 amide bonds. The third-order valence-corrected chi connectivity index (χ3v) is 4.60. The van der Waals surface area contributed by atoms with E-state index in [4.69, 9.17) is 45.3 Å². The predicted molar refractivity (Wildman–Crippen MR) is 94.0 cm³/mol. The van der Waals surface area contributed by atoms with Gasteiger partial charge in [-0.15, -0.1) is 0 Å². The molecule has 0 aliphatic carbocycles. The predicted octanol–water partition coefficient (Wildman–Crippen LogP) is 2.19. The van der Waals surface area contributed by atoms with Crippen molar-refractivity contribution in [2.24, 2.45) is 7.05 Å². The monoisotopic (exact) mass is 406 g/mol. The average Bonchev–Trinajstić information content (AvgIpc) is 2.80. The Morgan fingerprint density at radius 3 is 2.48 bits per heavy atom. The highest BCUT2D eigenvalue weighted by Gasteiger charge is 2.28. The van der Waals surface area contributed by atoms with Crippen LogP contribution in [-0.4, -0.2) is 28.3 Å². The van der Waals surface area contributed by atoms with Crippen molar-refractivity contribution in [3.8, 4) is 0 Å². The highest BCUT2D eigenvalue weighted by molar-refractivity contribution is 6.45. The summed E-state index contributed by atoms with van der Waals surface area (Å²) in [5, 5.41) is 6.60. The summed E-state index contributed by atoms with van der Waals surface area (Å²) >= 11 is 17.6. The Morgan fingerprint density at radius 2 is 1.92 bits per heavy atom. The molecule has 0 radical (unpaired) electrons. The molecular weight excluding hydrogens is 393 g/mol. The molecule has 0 saturated heterocycles. The number of carbonyl (C=O) groups is 2. The first-order chi connectivity index (χ1) is 11.6. The highest BCUT2D eigenvalue weighted by Crippen LogP contribution is 2.32. The van der Waals surface area contributed by atoms with Gasteiger partial charge in [-0.1, -0.05) is 23.2 Å². The largest absolute Gasteiger partial charge is 0.448 e. The number of anilines is 2. The Bertz CT molecular complexity index is 866. The van der Waals surface area contributed by atoms with Gasteiger partial charge in [0, 0.05) is 7.05 Å². The lowest BCUT2D eigenvalue weighted by molar-refractivity contribution is -0.380. The fourth-order valence-corrected chi connectivity index (χ4v) is 2.65. The Morgan fingerprint density at radius 1 is 1.28 bits per heavy atom. The lowest BCUT2D eigenvalue weighted by atomic mass is 10.3. The maximum Gasteiger partial charge on any atom is 0.405 e. The minimum Gasteiger partial charge on any atom is -0.448 e. The lowest BCUT2D eigenvalue weighted by Crippen LogP contribution is -2.26. The van der Waals surface area contributed by atoms with Crippen molar-refractivity contribution in [2.45, 2.75) is 13.8 Å². The number of aromatic amines is 1. The van der Waals surface area contributed by atoms with Crippen LogP contribution in [0.5, 0.6) is 0 Å². The van der Waals surface area contributed by atoms with Gasteiger partial charge in [0.15, 0.2) is 6.61 Å². The molecule has 134 valence electrons. The van der Waals surface area contributed by atoms with Crippen molar-refractivity contribution in [3.05, 3.63) is 32.3 Å². The first kappa shape index (κ1) is 19.3. The zero-order valence-electron chi connectivity index (χ0n) is 13.5. The zero-order chi connectivity index (χ0) is 18.9. The standard InChI is InChI=1S/C14H14Cl3N5O3/c1-5-11(6(2)22(3)21-5)19-7(23)4-25-14(24)12-8(15)10(18)9(16)13(17)20-12/h4H2,1-3H3,(H2,18,20)(H,19,23)/p+1. The van der Waals surface area contributed by atoms with Crippen molar-refractivity contribution >= 4 is 58.1 Å². The molecule has 0 aliphatic heterocycles. The van der Waals surface area contributed by atoms with Gasteiger partial charge in [0.1, 0.15) is 10.0 Å². The molecule has 0 aromatic carbocycles. The van der Waals surface area contributed by atoms with Crippen molar-refractivity contribution in [2.75, 3.05) is 17.7 Å². The Hall–Kier alpha value is -2.03. The molecule has 2 aromatic rings. The van der Waals surface area contributed by atoms with Gasteiger partial charge >= 0.3 is 11.7 Å². The molecule has 0 atom stereocenters. The molecule has 25 heavy (non-hydrogen) atoms. The summed E-state index contributed by atoms with van der Waals surface area (Å²) in [4.78, 5) is 26.6. The number of halogens is 3. The number of hydrogen-bond donors (Lipinski definition) is 2. The smallest absolute Gasteiger partial charge is 0.405 e. The van der Waals surface area contributed by atoms with Crippen molar-refractivity contribution < 1.29 is 19.3 Å². The van der Waals surface area contributed by atoms with Crippen molar-refractivity contribution in [1.82, 2.24) is 9.78 Å². The zero-order valence-corrected chi connectivity index (χ0v) is 15.8. The van der Waals surface area contributed by atoms with Gasteiger partial charge in [0.05, 0.1) is 22.8 Å². The molecule has 4 N–H and O–H groups in total. The molecule has 2 aromatic heterocycles. The van der Waals surface area contributed by atoms with Crippen LogP contribution in [-0.2, 0) is 16.6 Å². The second-order valence-corrected chi connectivity index (χ2v) is 6.28. The Kier molecular flexibility index (Phi) is 5.76. The number of amides is 1. The van der Waals surface area contributed by atoms with E-state index in [-0.39, 0.29) is 26.6 Å². The average molecular weight is 408 g/mol. The van der Waals surface area contributed by atoms with Crippen LogP contribution < -0.4 is 16.0 Å². The van der Waals surface area contributed by atoms with Gasteiger partial charge in [-0.05, 0) is 25.4 Å². The number of H-pyrrole nitrogens is 1. The van der Waals surface area contributed by atoms with E-state index >= 15 is 0 Å². The number of pyridine rings is 1. The molecule has 0 saturated carbocycles. The number of nitrogens with one attached hydrogen (secondary N) is 2. The Balaban J connectivity index is 2.06. The first-order valence-electron chi connectivity index (χ1n) is 6.95. The summed E-state index contributed by atoms with van der Waals surface area (Å²) in [6.07, 6.45) is 0. The van der Waals surface area contributed by atoms with Gasteiger partial charge in [0.25, 0.3) is 11.1 Å². The van der Waals surface area contributed by atoms with Gasteiger partial charge in [0.2, 0.25) is 0 Å². The van der Waals surface area contributed by atoms with Crippen LogP contribution in [0.15, 0.2) is 0 Å². The van der Waals surface area contributed by atoms with E-state index in [1.807, 2.05) is 0 Å². The molecule has 0 aliphatic rings. The fourth-order valence-electron chi connectivity index (χ4n) is 2.04. The molecule has 11 heteroatoms. The van der Waals surface area contributed by atoms with Crippen LogP contribution in [0, 0.1) is 13.8 Å². The summed E-state index contributed by atoms with van der Waals surface area (Å²) in [7, 11) is 1.75. The summed E-state index contributed by atoms with van der Waals surface area (Å²) in [6, 6.07) is 0. The molecule has 0 fully saturated rings. The normalized spacial score (nSPS) is 10.6. The van der Waals surface area contributed by atoms with E-state index < -0.39 is 18.5 Å². The summed E-state index contributed by atoms with van der Waals surface area (Å²) in [5.41, 5.74) is 7.36. The third-order valence-electron chi connectivity index (χ3n) is 3.43. The summed E-state index contributed by atoms with van der Waals surface area (Å²) < 4.78 is 6.56. The number of nitrogens with two attached hydrogens (primary N) is 1. The number of esters is 1. The van der Waals surface area contributed by atoms with Gasteiger partial charge in [-0.25, -0.2) is 4.79 Å². The molecule has 0 bridgehead atoms. The molecule has 0 unspecified atom stereocenters. The third kappa shape index (κ3) is 3.97. The number of aromatic nitrogens is 3. The van der Waals surface area contributed by atoms with Crippen molar-refractivity contribution in [3.63, 3.8) is 0 Å². The molecule has 2 rings (SSSR count). The maximum atomic E-state index is 12.1. The first-order valence-corrected chi connectivity index (χ1v) is 8.09. The number of ether oxygens (including phenoxy) is 1. The van der Waals surface area contributed by atoms with E-state index in [1.54, 1.807) is 25.6 Å². The SMILES string of the molecule is Cc1nn(C)c(C)c1NC(=O)COC(=O)c1[nH+]c(Cl)c(Cl)c(N)c1Cl. The minimum absolute atomic E-state index is 0.0107. The van der Waals surface area contributed by atoms with Crippen LogP contribution in [0.2, 0.25) is 15.2 Å². The Labute approximate surface area is 158 Å². The van der Waals surface area contributed by atoms with E-state index in [9.17, 15) is 9.59 Å². The maximum absolute atomic E-state index is 12.1. The van der Waals surface area contributed by atoms with Crippen LogP contribution in [0.3, 0.4) is 0 Å². The second-order valence-electron chi connectivity index (χ2n) is 5.15. The van der Waals surface area contributed by atoms with Crippen molar-refractivity contribution in [1.29, 1.82) is 0 Å². The molecule has 0 spiro atoms. The van der Waals surface area contributed by atoms with Crippen LogP contribution in [0.25, 0.3) is 0 Å². The highest BCUT2D eigenvalue weighted by atomic mass is 35.5. The van der Waals surface area contributed by atoms with E-state index in [0.29, 0.717) is 11.4 Å². The number of nitrogens with zero attached hydrogens (tertiary/aromatic N) is 2. The lowest BCUT2D eigenvalue weighted by Gasteiger charge is -2.07. The van der Waals surface area contributed by atoms with E-state index in [2.05, 4.69) is 15.4 Å². The van der Waals surface area contributed by atoms with E-state index in [1.165, 1.54) is 0 Å². The van der Waals surface area contributed by atoms with Gasteiger partial charge in [-0.2, -0.15) is 10.1 Å². The summed E-state index contributed by atoms with van der Waals surface area (Å²) in [6.45, 7) is 3.02. The number of hydrogen-bond acceptors (Lipinski definition) is 5. The fraction of sp³-hybridized carbons (Fsp3) is 0.286. The number of aryl methyl sites for hydroxylation is 2. The summed E-state index contributed by atoms with van der Waals surface area (Å²) in [5.74, 6) is -1.43. The molecule has 8 nitrogen and oxygen atoms in total. The topological polar surface area (TPSA) is 113 Å².